The lowest BCUT2D eigenvalue weighted by atomic mass is 10.0. The fourth-order valence-corrected chi connectivity index (χ4v) is 2.10. The summed E-state index contributed by atoms with van der Waals surface area (Å²) in [4.78, 5) is 34.9. The van der Waals surface area contributed by atoms with Crippen LogP contribution in [0.25, 0.3) is 0 Å². The van der Waals surface area contributed by atoms with E-state index in [2.05, 4.69) is 10.6 Å². The molecule has 6 heteroatoms. The fraction of sp³-hybridized carbons (Fsp3) is 0.471. The van der Waals surface area contributed by atoms with Crippen LogP contribution in [0.3, 0.4) is 0 Å². The zero-order chi connectivity index (χ0) is 17.4. The van der Waals surface area contributed by atoms with Crippen LogP contribution >= 0.6 is 0 Å². The molecule has 6 nitrogen and oxygen atoms in total. The Morgan fingerprint density at radius 2 is 1.57 bits per heavy atom. The molecule has 0 aliphatic heterocycles. The number of carboxylic acids is 1. The van der Waals surface area contributed by atoms with Gasteiger partial charge < -0.3 is 15.7 Å². The third kappa shape index (κ3) is 6.10. The van der Waals surface area contributed by atoms with Crippen LogP contribution in [0.15, 0.2) is 24.3 Å². The molecule has 0 aliphatic rings. The zero-order valence-electron chi connectivity index (χ0n) is 13.8. The molecule has 0 saturated carbocycles. The van der Waals surface area contributed by atoms with E-state index in [1.54, 1.807) is 24.3 Å². The van der Waals surface area contributed by atoms with E-state index in [-0.39, 0.29) is 24.4 Å². The Morgan fingerprint density at radius 1 is 1.04 bits per heavy atom. The van der Waals surface area contributed by atoms with Crippen LogP contribution in [0.1, 0.15) is 54.3 Å². The summed E-state index contributed by atoms with van der Waals surface area (Å²) in [6.45, 7) is 5.74. The molecular weight excluding hydrogens is 296 g/mol. The van der Waals surface area contributed by atoms with Crippen molar-refractivity contribution in [3.63, 3.8) is 0 Å². The molecule has 126 valence electrons. The molecule has 1 aromatic rings. The Hall–Kier alpha value is -2.37. The van der Waals surface area contributed by atoms with Gasteiger partial charge in [0, 0.05) is 23.7 Å². The first-order valence-electron chi connectivity index (χ1n) is 7.77. The number of rotatable bonds is 8. The van der Waals surface area contributed by atoms with Gasteiger partial charge in [-0.1, -0.05) is 13.3 Å². The third-order valence-corrected chi connectivity index (χ3v) is 3.32. The number of hydrogen-bond acceptors (Lipinski definition) is 3. The highest BCUT2D eigenvalue weighted by atomic mass is 16.4. The van der Waals surface area contributed by atoms with Crippen LogP contribution in [0, 0.1) is 5.92 Å². The van der Waals surface area contributed by atoms with Gasteiger partial charge in [0.15, 0.2) is 0 Å². The molecule has 1 rings (SSSR count). The van der Waals surface area contributed by atoms with E-state index in [4.69, 9.17) is 5.11 Å². The van der Waals surface area contributed by atoms with E-state index in [1.807, 2.05) is 20.8 Å². The molecule has 0 spiro atoms. The van der Waals surface area contributed by atoms with Gasteiger partial charge in [-0.25, -0.2) is 0 Å². The highest BCUT2D eigenvalue weighted by Crippen LogP contribution is 2.08. The lowest BCUT2D eigenvalue weighted by Gasteiger charge is -2.12. The average Bonchev–Trinajstić information content (AvgIpc) is 2.50. The Balaban J connectivity index is 2.63. The predicted molar refractivity (Wildman–Crippen MR) is 87.4 cm³/mol. The molecule has 0 saturated heterocycles. The highest BCUT2D eigenvalue weighted by molar-refractivity contribution is 5.98. The molecule has 2 amide bonds. The number of aliphatic carboxylic acids is 1. The lowest BCUT2D eigenvalue weighted by molar-refractivity contribution is -0.141. The maximum Gasteiger partial charge on any atom is 0.308 e. The largest absolute Gasteiger partial charge is 0.481 e. The second-order valence-electron chi connectivity index (χ2n) is 5.74. The molecule has 1 atom stereocenters. The monoisotopic (exact) mass is 320 g/mol. The Kier molecular flexibility index (Phi) is 7.25. The number of carbonyl (C=O) groups excluding carboxylic acids is 2. The van der Waals surface area contributed by atoms with Crippen molar-refractivity contribution in [1.29, 1.82) is 0 Å². The van der Waals surface area contributed by atoms with Gasteiger partial charge >= 0.3 is 5.97 Å². The molecular formula is C17H24N2O4. The molecule has 1 aromatic carbocycles. The Labute approximate surface area is 136 Å². The molecule has 0 aliphatic carbocycles. The first kappa shape index (κ1) is 18.7. The zero-order valence-corrected chi connectivity index (χ0v) is 13.8. The second-order valence-corrected chi connectivity index (χ2v) is 5.74. The number of amides is 2. The Morgan fingerprint density at radius 3 is 2.00 bits per heavy atom. The van der Waals surface area contributed by atoms with Crippen LogP contribution in [0.4, 0.5) is 0 Å². The molecule has 0 radical (unpaired) electrons. The van der Waals surface area contributed by atoms with Gasteiger partial charge in [0.25, 0.3) is 11.8 Å². The maximum absolute atomic E-state index is 12.0. The van der Waals surface area contributed by atoms with E-state index in [0.29, 0.717) is 17.5 Å². The normalized spacial score (nSPS) is 11.8. The first-order chi connectivity index (χ1) is 10.8. The maximum atomic E-state index is 12.0. The summed E-state index contributed by atoms with van der Waals surface area (Å²) in [6, 6.07) is 6.30. The first-order valence-corrected chi connectivity index (χ1v) is 7.77. The summed E-state index contributed by atoms with van der Waals surface area (Å²) in [5.74, 6) is -2.03. The minimum atomic E-state index is -0.909. The average molecular weight is 320 g/mol. The van der Waals surface area contributed by atoms with E-state index >= 15 is 0 Å². The molecule has 3 N–H and O–H groups in total. The highest BCUT2D eigenvalue weighted by Gasteiger charge is 2.17. The molecule has 0 bridgehead atoms. The second kappa shape index (κ2) is 8.92. The summed E-state index contributed by atoms with van der Waals surface area (Å²) >= 11 is 0. The summed E-state index contributed by atoms with van der Waals surface area (Å²) in [7, 11) is 0. The van der Waals surface area contributed by atoms with Crippen molar-refractivity contribution < 1.29 is 19.5 Å². The van der Waals surface area contributed by atoms with Gasteiger partial charge in [-0.2, -0.15) is 0 Å². The number of hydrogen-bond donors (Lipinski definition) is 3. The van der Waals surface area contributed by atoms with Crippen molar-refractivity contribution in [3.8, 4) is 0 Å². The Bertz CT molecular complexity index is 552. The molecule has 0 heterocycles. The lowest BCUT2D eigenvalue weighted by Crippen LogP contribution is -2.33. The van der Waals surface area contributed by atoms with Gasteiger partial charge in [-0.15, -0.1) is 0 Å². The summed E-state index contributed by atoms with van der Waals surface area (Å²) in [5.41, 5.74) is 0.872. The van der Waals surface area contributed by atoms with Crippen LogP contribution in [0.5, 0.6) is 0 Å². The fourth-order valence-electron chi connectivity index (χ4n) is 2.10. The molecule has 1 unspecified atom stereocenters. The third-order valence-electron chi connectivity index (χ3n) is 3.32. The van der Waals surface area contributed by atoms with Crippen molar-refractivity contribution >= 4 is 17.8 Å². The van der Waals surface area contributed by atoms with Crippen LogP contribution in [-0.2, 0) is 4.79 Å². The van der Waals surface area contributed by atoms with Crippen LogP contribution < -0.4 is 10.6 Å². The van der Waals surface area contributed by atoms with Crippen LogP contribution in [0.2, 0.25) is 0 Å². The smallest absolute Gasteiger partial charge is 0.308 e. The molecule has 23 heavy (non-hydrogen) atoms. The van der Waals surface area contributed by atoms with Gasteiger partial charge in [0.05, 0.1) is 5.92 Å². The molecule has 0 fully saturated rings. The van der Waals surface area contributed by atoms with E-state index in [1.165, 1.54) is 0 Å². The van der Waals surface area contributed by atoms with Crippen LogP contribution in [-0.4, -0.2) is 35.5 Å². The van der Waals surface area contributed by atoms with Crippen molar-refractivity contribution in [2.24, 2.45) is 5.92 Å². The minimum Gasteiger partial charge on any atom is -0.481 e. The number of carboxylic acid groups (broad SMARTS) is 1. The summed E-state index contributed by atoms with van der Waals surface area (Å²) in [6.07, 6.45) is 1.26. The van der Waals surface area contributed by atoms with Crippen molar-refractivity contribution in [2.75, 3.05) is 6.54 Å². The summed E-state index contributed by atoms with van der Waals surface area (Å²) < 4.78 is 0. The molecule has 0 aromatic heterocycles. The van der Waals surface area contributed by atoms with Gasteiger partial charge in [0.2, 0.25) is 0 Å². The van der Waals surface area contributed by atoms with Crippen molar-refractivity contribution in [1.82, 2.24) is 10.6 Å². The number of benzene rings is 1. The quantitative estimate of drug-likeness (QED) is 0.683. The van der Waals surface area contributed by atoms with Gasteiger partial charge in [0.1, 0.15) is 0 Å². The standard InChI is InChI=1S/C17H24N2O4/c1-4-5-14(17(22)23)10-18-15(20)12-6-8-13(9-7-12)16(21)19-11(2)3/h6-9,11,14H,4-5,10H2,1-3H3,(H,18,20)(H,19,21)(H,22,23). The van der Waals surface area contributed by atoms with Crippen molar-refractivity contribution in [3.05, 3.63) is 35.4 Å². The predicted octanol–water partition coefficient (Wildman–Crippen LogP) is 2.06. The van der Waals surface area contributed by atoms with E-state index < -0.39 is 11.9 Å². The van der Waals surface area contributed by atoms with Gasteiger partial charge in [-0.05, 0) is 44.5 Å². The van der Waals surface area contributed by atoms with E-state index in [0.717, 1.165) is 6.42 Å². The van der Waals surface area contributed by atoms with E-state index in [9.17, 15) is 14.4 Å². The SMILES string of the molecule is CCCC(CNC(=O)c1ccc(C(=O)NC(C)C)cc1)C(=O)O. The minimum absolute atomic E-state index is 0.0389. The number of nitrogens with one attached hydrogen (secondary N) is 2. The van der Waals surface area contributed by atoms with Gasteiger partial charge in [-0.3, -0.25) is 14.4 Å². The topological polar surface area (TPSA) is 95.5 Å². The van der Waals surface area contributed by atoms with Crippen molar-refractivity contribution in [2.45, 2.75) is 39.7 Å². The summed E-state index contributed by atoms with van der Waals surface area (Å²) in [5, 5.41) is 14.5. The number of carbonyl (C=O) groups is 3.